The van der Waals surface area contributed by atoms with E-state index in [1.807, 2.05) is 0 Å². The number of hydrogen-bond acceptors (Lipinski definition) is 6. The van der Waals surface area contributed by atoms with Crippen molar-refractivity contribution in [1.29, 1.82) is 0 Å². The van der Waals surface area contributed by atoms with Gasteiger partial charge in [-0.05, 0) is 78.9 Å². The van der Waals surface area contributed by atoms with Gasteiger partial charge in [-0.25, -0.2) is 4.79 Å². The van der Waals surface area contributed by atoms with Crippen LogP contribution in [-0.4, -0.2) is 35.7 Å². The summed E-state index contributed by atoms with van der Waals surface area (Å²) in [5, 5.41) is 10.3. The molecule has 0 aromatic rings. The second-order valence-corrected chi connectivity index (χ2v) is 12.6. The number of esters is 2. The minimum atomic E-state index is -1.28. The van der Waals surface area contributed by atoms with Crippen LogP contribution < -0.4 is 0 Å². The average molecular weight is 461 g/mol. The van der Waals surface area contributed by atoms with Crippen LogP contribution in [0.1, 0.15) is 86.0 Å². The predicted molar refractivity (Wildman–Crippen MR) is 121 cm³/mol. The molecule has 0 unspecified atom stereocenters. The van der Waals surface area contributed by atoms with E-state index in [9.17, 15) is 14.7 Å². The van der Waals surface area contributed by atoms with Crippen molar-refractivity contribution in [2.75, 3.05) is 0 Å². The van der Waals surface area contributed by atoms with E-state index in [4.69, 9.17) is 14.2 Å². The molecule has 3 aliphatic carbocycles. The van der Waals surface area contributed by atoms with Crippen LogP contribution in [-0.2, 0) is 23.8 Å². The summed E-state index contributed by atoms with van der Waals surface area (Å²) in [6.07, 6.45) is 8.07. The average Bonchev–Trinajstić information content (AvgIpc) is 3.04. The van der Waals surface area contributed by atoms with Crippen molar-refractivity contribution < 1.29 is 28.9 Å². The van der Waals surface area contributed by atoms with Crippen molar-refractivity contribution in [3.8, 4) is 0 Å². The van der Waals surface area contributed by atoms with E-state index in [2.05, 4.69) is 27.7 Å². The number of hydrogen-bond donors (Lipinski definition) is 1. The molecule has 0 spiro atoms. The molecular weight excluding hydrogens is 420 g/mol. The molecule has 184 valence electrons. The van der Waals surface area contributed by atoms with E-state index < -0.39 is 24.7 Å². The maximum absolute atomic E-state index is 12.0. The molecule has 0 amide bonds. The Kier molecular flexibility index (Phi) is 5.52. The van der Waals surface area contributed by atoms with Crippen LogP contribution in [0, 0.1) is 39.9 Å². The van der Waals surface area contributed by atoms with Crippen molar-refractivity contribution in [3.05, 3.63) is 11.6 Å². The van der Waals surface area contributed by atoms with E-state index >= 15 is 0 Å². The minimum absolute atomic E-state index is 0.108. The molecule has 0 radical (unpaired) electrons. The normalized spacial score (nSPS) is 48.6. The summed E-state index contributed by atoms with van der Waals surface area (Å²) in [6, 6.07) is 0. The predicted octanol–water partition coefficient (Wildman–Crippen LogP) is 4.74. The van der Waals surface area contributed by atoms with Gasteiger partial charge in [-0.1, -0.05) is 34.1 Å². The Morgan fingerprint density at radius 1 is 1.06 bits per heavy atom. The third-order valence-electron chi connectivity index (χ3n) is 10.6. The Balaban J connectivity index is 1.50. The maximum Gasteiger partial charge on any atom is 0.333 e. The van der Waals surface area contributed by atoms with E-state index in [0.717, 1.165) is 25.2 Å². The minimum Gasteiger partial charge on any atom is -0.436 e. The summed E-state index contributed by atoms with van der Waals surface area (Å²) in [5.74, 6) is 0.882. The summed E-state index contributed by atoms with van der Waals surface area (Å²) >= 11 is 0. The molecule has 33 heavy (non-hydrogen) atoms. The molecular formula is C27H40O6. The third-order valence-corrected chi connectivity index (χ3v) is 10.6. The summed E-state index contributed by atoms with van der Waals surface area (Å²) < 4.78 is 16.9. The van der Waals surface area contributed by atoms with Gasteiger partial charge in [0, 0.05) is 24.5 Å². The summed E-state index contributed by atoms with van der Waals surface area (Å²) in [5.41, 5.74) is 1.26. The standard InChI is InChI=1S/C27H40O6/c1-15(28)31-24-16-7-8-21-26(4,12-9-20-25(2,3)10-6-11-27(20,21)5)18(16)14-19(32-24)17-13-22(29)33-23(17)30/h13,16,18-21,23-24,30H,6-12,14H2,1-5H3/t16-,18+,19+,20-,21-,23-,24-,26-,27-/m0/s1. The molecule has 5 aliphatic rings. The van der Waals surface area contributed by atoms with Crippen LogP contribution in [0.25, 0.3) is 0 Å². The van der Waals surface area contributed by atoms with Crippen molar-refractivity contribution in [2.45, 2.75) is 105 Å². The fraction of sp³-hybridized carbons (Fsp3) is 0.852. The Labute approximate surface area is 197 Å². The first-order valence-electron chi connectivity index (χ1n) is 12.9. The van der Waals surface area contributed by atoms with E-state index in [1.165, 1.54) is 45.1 Å². The van der Waals surface area contributed by atoms with Crippen LogP contribution in [0.15, 0.2) is 11.6 Å². The first-order valence-corrected chi connectivity index (χ1v) is 12.9. The number of aliphatic hydroxyl groups excluding tert-OH is 1. The molecule has 0 bridgehead atoms. The summed E-state index contributed by atoms with van der Waals surface area (Å²) in [4.78, 5) is 23.8. The number of carbonyl (C=O) groups is 2. The third kappa shape index (κ3) is 3.58. The van der Waals surface area contributed by atoms with E-state index in [0.29, 0.717) is 28.2 Å². The second-order valence-electron chi connectivity index (χ2n) is 12.6. The van der Waals surface area contributed by atoms with Crippen molar-refractivity contribution in [3.63, 3.8) is 0 Å². The Hall–Kier alpha value is -1.40. The summed E-state index contributed by atoms with van der Waals surface area (Å²) in [6.45, 7) is 11.4. The van der Waals surface area contributed by atoms with Gasteiger partial charge >= 0.3 is 11.9 Å². The highest BCUT2D eigenvalue weighted by Gasteiger charge is 2.64. The van der Waals surface area contributed by atoms with Gasteiger partial charge in [-0.2, -0.15) is 0 Å². The Morgan fingerprint density at radius 3 is 2.48 bits per heavy atom. The molecule has 6 heteroatoms. The van der Waals surface area contributed by atoms with Gasteiger partial charge in [-0.15, -0.1) is 0 Å². The number of ether oxygens (including phenoxy) is 3. The van der Waals surface area contributed by atoms with Crippen LogP contribution in [0.3, 0.4) is 0 Å². The molecule has 0 aromatic heterocycles. The lowest BCUT2D eigenvalue weighted by atomic mass is 9.38. The smallest absolute Gasteiger partial charge is 0.333 e. The lowest BCUT2D eigenvalue weighted by Crippen LogP contribution is -2.62. The quantitative estimate of drug-likeness (QED) is 0.600. The molecule has 9 atom stereocenters. The molecule has 0 aromatic carbocycles. The largest absolute Gasteiger partial charge is 0.436 e. The maximum atomic E-state index is 12.0. The molecule has 5 rings (SSSR count). The first-order chi connectivity index (χ1) is 15.5. The zero-order chi connectivity index (χ0) is 23.8. The van der Waals surface area contributed by atoms with Gasteiger partial charge in [-0.3, -0.25) is 4.79 Å². The fourth-order valence-corrected chi connectivity index (χ4v) is 9.32. The molecule has 4 fully saturated rings. The van der Waals surface area contributed by atoms with Crippen LogP contribution in [0.4, 0.5) is 0 Å². The van der Waals surface area contributed by atoms with E-state index in [1.54, 1.807) is 0 Å². The monoisotopic (exact) mass is 460 g/mol. The molecule has 1 saturated heterocycles. The van der Waals surface area contributed by atoms with Crippen LogP contribution in [0.5, 0.6) is 0 Å². The van der Waals surface area contributed by atoms with Crippen LogP contribution >= 0.6 is 0 Å². The highest BCUT2D eigenvalue weighted by Crippen LogP contribution is 2.70. The lowest BCUT2D eigenvalue weighted by molar-refractivity contribution is -0.270. The van der Waals surface area contributed by atoms with E-state index in [-0.39, 0.29) is 17.3 Å². The highest BCUT2D eigenvalue weighted by atomic mass is 16.7. The van der Waals surface area contributed by atoms with Crippen molar-refractivity contribution in [1.82, 2.24) is 0 Å². The lowest BCUT2D eigenvalue weighted by Gasteiger charge is -2.67. The SMILES string of the molecule is CC(=O)O[C@H]1O[C@@H](C2=CC(=O)O[C@@H]2O)C[C@@H]2[C@@H]1CC[C@H]1[C@@]2(C)CC[C@H]2C(C)(C)CCC[C@]12C. The summed E-state index contributed by atoms with van der Waals surface area (Å²) in [7, 11) is 0. The van der Waals surface area contributed by atoms with Crippen LogP contribution in [0.2, 0.25) is 0 Å². The Morgan fingerprint density at radius 2 is 1.82 bits per heavy atom. The van der Waals surface area contributed by atoms with Gasteiger partial charge in [0.05, 0.1) is 6.10 Å². The van der Waals surface area contributed by atoms with Gasteiger partial charge in [0.15, 0.2) is 0 Å². The highest BCUT2D eigenvalue weighted by molar-refractivity contribution is 5.85. The van der Waals surface area contributed by atoms with Gasteiger partial charge < -0.3 is 19.3 Å². The zero-order valence-electron chi connectivity index (χ0n) is 20.8. The van der Waals surface area contributed by atoms with Crippen molar-refractivity contribution >= 4 is 11.9 Å². The number of carbonyl (C=O) groups excluding carboxylic acids is 2. The molecule has 2 aliphatic heterocycles. The Bertz CT molecular complexity index is 863. The first kappa shape index (κ1) is 23.3. The molecule has 6 nitrogen and oxygen atoms in total. The van der Waals surface area contributed by atoms with Crippen molar-refractivity contribution in [2.24, 2.45) is 39.9 Å². The topological polar surface area (TPSA) is 82.1 Å². The van der Waals surface area contributed by atoms with Gasteiger partial charge in [0.25, 0.3) is 0 Å². The number of fused-ring (bicyclic) bond motifs is 5. The molecule has 2 heterocycles. The number of aliphatic hydroxyl groups is 1. The zero-order valence-corrected chi connectivity index (χ0v) is 20.8. The number of rotatable bonds is 2. The molecule has 3 saturated carbocycles. The molecule has 1 N–H and O–H groups in total. The fourth-order valence-electron chi connectivity index (χ4n) is 9.32. The second kappa shape index (κ2) is 7.81. The number of cyclic esters (lactones) is 1. The van der Waals surface area contributed by atoms with Gasteiger partial charge in [0.2, 0.25) is 12.6 Å². The van der Waals surface area contributed by atoms with Gasteiger partial charge in [0.1, 0.15) is 0 Å².